The van der Waals surface area contributed by atoms with E-state index < -0.39 is 18.3 Å². The Balaban J connectivity index is 1.32. The van der Waals surface area contributed by atoms with Crippen LogP contribution in [0.3, 0.4) is 0 Å². The zero-order valence-corrected chi connectivity index (χ0v) is 18.8. The summed E-state index contributed by atoms with van der Waals surface area (Å²) in [6.45, 7) is 1.99. The van der Waals surface area contributed by atoms with Crippen LogP contribution in [0.2, 0.25) is 5.02 Å². The van der Waals surface area contributed by atoms with Crippen LogP contribution < -0.4 is 10.1 Å². The third-order valence-electron chi connectivity index (χ3n) is 5.67. The molecule has 0 aromatic heterocycles. The Morgan fingerprint density at radius 3 is 2.70 bits per heavy atom. The highest BCUT2D eigenvalue weighted by molar-refractivity contribution is 6.30. The van der Waals surface area contributed by atoms with Crippen molar-refractivity contribution in [2.75, 3.05) is 40.0 Å². The van der Waals surface area contributed by atoms with Crippen molar-refractivity contribution in [2.45, 2.75) is 50.0 Å². The lowest BCUT2D eigenvalue weighted by molar-refractivity contribution is -0.357. The first-order valence-electron chi connectivity index (χ1n) is 10.6. The highest BCUT2D eigenvalue weighted by Crippen LogP contribution is 2.32. The molecule has 0 radical (unpaired) electrons. The summed E-state index contributed by atoms with van der Waals surface area (Å²) >= 11 is 5.62. The Labute approximate surface area is 194 Å². The molecule has 2 unspecified atom stereocenters. The van der Waals surface area contributed by atoms with Gasteiger partial charge in [0.05, 0.1) is 36.0 Å². The van der Waals surface area contributed by atoms with Gasteiger partial charge in [-0.15, -0.1) is 13.2 Å². The van der Waals surface area contributed by atoms with E-state index in [2.05, 4.69) is 15.0 Å². The molecule has 1 saturated carbocycles. The molecule has 1 amide bonds. The number of nitrogens with one attached hydrogen (secondary N) is 1. The van der Waals surface area contributed by atoms with Gasteiger partial charge in [0.2, 0.25) is 0 Å². The number of hydrogen-bond donors (Lipinski definition) is 1. The SMILES string of the molecule is COC1CN(CCOC2CC(OC(F)(F)F)C2)CCC1NC(=O)COc1ccc(Cl)c(F)c1. The lowest BCUT2D eigenvalue weighted by atomic mass is 9.92. The number of benzene rings is 1. The third-order valence-corrected chi connectivity index (χ3v) is 5.97. The second-order valence-electron chi connectivity index (χ2n) is 8.05. The van der Waals surface area contributed by atoms with Gasteiger partial charge in [0.1, 0.15) is 11.6 Å². The summed E-state index contributed by atoms with van der Waals surface area (Å²) in [6, 6.07) is 3.73. The van der Waals surface area contributed by atoms with E-state index in [4.69, 9.17) is 25.8 Å². The first-order valence-corrected chi connectivity index (χ1v) is 11.0. The summed E-state index contributed by atoms with van der Waals surface area (Å²) in [6.07, 6.45) is -4.78. The Kier molecular flexibility index (Phi) is 9.17. The van der Waals surface area contributed by atoms with Gasteiger partial charge in [0.15, 0.2) is 6.61 Å². The van der Waals surface area contributed by atoms with E-state index in [0.29, 0.717) is 32.7 Å². The molecular formula is C21H27ClF4N2O5. The Hall–Kier alpha value is -1.66. The molecule has 1 N–H and O–H groups in total. The van der Waals surface area contributed by atoms with Crippen LogP contribution in [0.15, 0.2) is 18.2 Å². The Bertz CT molecular complexity index is 794. The first kappa shape index (κ1) is 26.0. The van der Waals surface area contributed by atoms with Crippen LogP contribution in [-0.2, 0) is 19.0 Å². The van der Waals surface area contributed by atoms with Gasteiger partial charge in [0, 0.05) is 45.7 Å². The molecule has 7 nitrogen and oxygen atoms in total. The topological polar surface area (TPSA) is 69.3 Å². The lowest BCUT2D eigenvalue weighted by Crippen LogP contribution is -2.56. The van der Waals surface area contributed by atoms with Crippen molar-refractivity contribution >= 4 is 17.5 Å². The molecule has 0 spiro atoms. The van der Waals surface area contributed by atoms with Crippen LogP contribution in [0.4, 0.5) is 17.6 Å². The van der Waals surface area contributed by atoms with Gasteiger partial charge in [-0.25, -0.2) is 4.39 Å². The Morgan fingerprint density at radius 1 is 1.27 bits per heavy atom. The van der Waals surface area contributed by atoms with Crippen molar-refractivity contribution in [3.63, 3.8) is 0 Å². The average Bonchev–Trinajstić information content (AvgIpc) is 2.72. The van der Waals surface area contributed by atoms with E-state index >= 15 is 0 Å². The van der Waals surface area contributed by atoms with Crippen LogP contribution in [0.25, 0.3) is 0 Å². The summed E-state index contributed by atoms with van der Waals surface area (Å²) in [5.41, 5.74) is 0. The predicted octanol–water partition coefficient (Wildman–Crippen LogP) is 3.15. The van der Waals surface area contributed by atoms with Crippen molar-refractivity contribution in [1.82, 2.24) is 10.2 Å². The number of methoxy groups -OCH3 is 1. The molecule has 0 bridgehead atoms. The van der Waals surface area contributed by atoms with E-state index in [0.717, 1.165) is 6.07 Å². The van der Waals surface area contributed by atoms with Crippen molar-refractivity contribution in [3.05, 3.63) is 29.0 Å². The van der Waals surface area contributed by atoms with Crippen LogP contribution in [0.1, 0.15) is 19.3 Å². The summed E-state index contributed by atoms with van der Waals surface area (Å²) in [5, 5.41) is 2.85. The lowest BCUT2D eigenvalue weighted by Gasteiger charge is -2.39. The van der Waals surface area contributed by atoms with E-state index in [9.17, 15) is 22.4 Å². The predicted molar refractivity (Wildman–Crippen MR) is 111 cm³/mol. The molecule has 186 valence electrons. The molecule has 1 aliphatic heterocycles. The second kappa shape index (κ2) is 11.7. The number of carbonyl (C=O) groups excluding carboxylic acids is 1. The summed E-state index contributed by atoms with van der Waals surface area (Å²) in [5.74, 6) is -0.778. The van der Waals surface area contributed by atoms with Gasteiger partial charge in [-0.05, 0) is 18.6 Å². The van der Waals surface area contributed by atoms with Gasteiger partial charge < -0.3 is 19.5 Å². The maximum Gasteiger partial charge on any atom is 0.522 e. The van der Waals surface area contributed by atoms with Crippen LogP contribution in [0.5, 0.6) is 5.75 Å². The minimum Gasteiger partial charge on any atom is -0.484 e. The van der Waals surface area contributed by atoms with Crippen molar-refractivity contribution in [3.8, 4) is 5.75 Å². The molecule has 12 heteroatoms. The van der Waals surface area contributed by atoms with E-state index in [-0.39, 0.29) is 54.4 Å². The smallest absolute Gasteiger partial charge is 0.484 e. The molecule has 33 heavy (non-hydrogen) atoms. The molecule has 2 atom stereocenters. The van der Waals surface area contributed by atoms with Crippen LogP contribution in [-0.4, -0.2) is 81.5 Å². The summed E-state index contributed by atoms with van der Waals surface area (Å²) in [4.78, 5) is 14.4. The third kappa shape index (κ3) is 8.25. The van der Waals surface area contributed by atoms with Crippen LogP contribution >= 0.6 is 11.6 Å². The fourth-order valence-corrected chi connectivity index (χ4v) is 3.96. The zero-order chi connectivity index (χ0) is 24.0. The molecular weight excluding hydrogens is 472 g/mol. The average molecular weight is 499 g/mol. The standard InChI is InChI=1S/C21H27ClF4N2O5/c1-30-19-11-28(6-7-31-14-8-15(9-14)33-21(24,25)26)5-4-18(19)27-20(29)12-32-13-2-3-16(22)17(23)10-13/h2-3,10,14-15,18-19H,4-9,11-12H2,1H3,(H,27,29). The van der Waals surface area contributed by atoms with E-state index in [1.807, 2.05) is 0 Å². The molecule has 1 saturated heterocycles. The number of piperidine rings is 1. The molecule has 1 aromatic rings. The van der Waals surface area contributed by atoms with E-state index in [1.54, 1.807) is 7.11 Å². The summed E-state index contributed by atoms with van der Waals surface area (Å²) in [7, 11) is 1.56. The number of nitrogens with zero attached hydrogens (tertiary/aromatic N) is 1. The van der Waals surface area contributed by atoms with Gasteiger partial charge >= 0.3 is 6.36 Å². The summed E-state index contributed by atoms with van der Waals surface area (Å²) < 4.78 is 70.3. The number of amides is 1. The van der Waals surface area contributed by atoms with Crippen molar-refractivity contribution < 1.29 is 41.3 Å². The van der Waals surface area contributed by atoms with Crippen LogP contribution in [0, 0.1) is 5.82 Å². The van der Waals surface area contributed by atoms with Gasteiger partial charge in [-0.3, -0.25) is 14.4 Å². The number of likely N-dealkylation sites (tertiary alicyclic amines) is 1. The van der Waals surface area contributed by atoms with Gasteiger partial charge in [-0.2, -0.15) is 0 Å². The van der Waals surface area contributed by atoms with Crippen molar-refractivity contribution in [2.24, 2.45) is 0 Å². The number of ether oxygens (including phenoxy) is 4. The number of carbonyl (C=O) groups is 1. The maximum atomic E-state index is 13.5. The second-order valence-corrected chi connectivity index (χ2v) is 8.46. The fraction of sp³-hybridized carbons (Fsp3) is 0.667. The number of rotatable bonds is 10. The van der Waals surface area contributed by atoms with Gasteiger partial charge in [-0.1, -0.05) is 11.6 Å². The molecule has 1 aliphatic carbocycles. The molecule has 2 fully saturated rings. The van der Waals surface area contributed by atoms with Crippen molar-refractivity contribution in [1.29, 1.82) is 0 Å². The minimum atomic E-state index is -4.61. The minimum absolute atomic E-state index is 0.0285. The Morgan fingerprint density at radius 2 is 2.03 bits per heavy atom. The highest BCUT2D eigenvalue weighted by Gasteiger charge is 2.40. The monoisotopic (exact) mass is 498 g/mol. The number of halogens is 5. The molecule has 3 rings (SSSR count). The highest BCUT2D eigenvalue weighted by atomic mass is 35.5. The molecule has 1 aromatic carbocycles. The first-order chi connectivity index (χ1) is 15.6. The number of hydrogen-bond acceptors (Lipinski definition) is 6. The molecule has 2 aliphatic rings. The van der Waals surface area contributed by atoms with E-state index in [1.165, 1.54) is 12.1 Å². The quantitative estimate of drug-likeness (QED) is 0.500. The normalized spacial score (nSPS) is 26.0. The fourth-order valence-electron chi connectivity index (χ4n) is 3.84. The van der Waals surface area contributed by atoms with Gasteiger partial charge in [0.25, 0.3) is 5.91 Å². The largest absolute Gasteiger partial charge is 0.522 e. The maximum absolute atomic E-state index is 13.5. The zero-order valence-electron chi connectivity index (χ0n) is 18.1. The number of alkyl halides is 3. The molecule has 1 heterocycles.